The molecule has 106 valence electrons. The van der Waals surface area contributed by atoms with E-state index in [0.717, 1.165) is 6.42 Å². The van der Waals surface area contributed by atoms with Crippen molar-refractivity contribution in [3.8, 4) is 11.6 Å². The number of halogens is 1. The molecular formula is C14H17FN4O. The van der Waals surface area contributed by atoms with Crippen LogP contribution in [0.1, 0.15) is 24.7 Å². The van der Waals surface area contributed by atoms with Gasteiger partial charge in [-0.2, -0.15) is 4.98 Å². The number of aromatic nitrogens is 2. The van der Waals surface area contributed by atoms with E-state index in [2.05, 4.69) is 15.4 Å². The molecule has 0 aliphatic heterocycles. The highest BCUT2D eigenvalue weighted by atomic mass is 19.1. The number of nitrogens with one attached hydrogen (secondary N) is 1. The minimum atomic E-state index is -0.317. The summed E-state index contributed by atoms with van der Waals surface area (Å²) in [5.41, 5.74) is 3.03. The molecule has 6 heteroatoms. The van der Waals surface area contributed by atoms with Gasteiger partial charge in [0.05, 0.1) is 0 Å². The van der Waals surface area contributed by atoms with E-state index in [9.17, 15) is 4.39 Å². The summed E-state index contributed by atoms with van der Waals surface area (Å²) in [7, 11) is 0. The molecule has 0 atom stereocenters. The van der Waals surface area contributed by atoms with Crippen LogP contribution in [0.2, 0.25) is 0 Å². The molecule has 0 amide bonds. The summed E-state index contributed by atoms with van der Waals surface area (Å²) in [5, 5.41) is 0. The summed E-state index contributed by atoms with van der Waals surface area (Å²) in [6.45, 7) is 3.72. The highest BCUT2D eigenvalue weighted by Crippen LogP contribution is 2.23. The van der Waals surface area contributed by atoms with Crippen molar-refractivity contribution in [3.63, 3.8) is 0 Å². The quantitative estimate of drug-likeness (QED) is 0.649. The van der Waals surface area contributed by atoms with Gasteiger partial charge in [0, 0.05) is 18.6 Å². The van der Waals surface area contributed by atoms with Crippen LogP contribution in [-0.4, -0.2) is 9.97 Å². The van der Waals surface area contributed by atoms with Crippen LogP contribution in [-0.2, 0) is 6.42 Å². The third-order valence-corrected chi connectivity index (χ3v) is 2.74. The molecule has 0 radical (unpaired) electrons. The van der Waals surface area contributed by atoms with Crippen LogP contribution in [0.4, 0.5) is 10.2 Å². The smallest absolute Gasteiger partial charge is 0.224 e. The van der Waals surface area contributed by atoms with Crippen molar-refractivity contribution in [2.24, 2.45) is 5.84 Å². The predicted molar refractivity (Wildman–Crippen MR) is 75.0 cm³/mol. The maximum Gasteiger partial charge on any atom is 0.224 e. The first-order valence-corrected chi connectivity index (χ1v) is 6.41. The minimum absolute atomic E-state index is 0.317. The summed E-state index contributed by atoms with van der Waals surface area (Å²) in [4.78, 5) is 8.48. The number of benzene rings is 1. The second-order valence-electron chi connectivity index (χ2n) is 4.42. The van der Waals surface area contributed by atoms with Gasteiger partial charge in [0.15, 0.2) is 0 Å². The highest BCUT2D eigenvalue weighted by molar-refractivity contribution is 5.39. The molecule has 1 aromatic carbocycles. The van der Waals surface area contributed by atoms with E-state index in [-0.39, 0.29) is 5.82 Å². The van der Waals surface area contributed by atoms with E-state index in [4.69, 9.17) is 10.6 Å². The van der Waals surface area contributed by atoms with E-state index >= 15 is 0 Å². The number of hydrogen-bond donors (Lipinski definition) is 2. The Labute approximate surface area is 117 Å². The van der Waals surface area contributed by atoms with Gasteiger partial charge in [0.25, 0.3) is 0 Å². The van der Waals surface area contributed by atoms with Gasteiger partial charge in [-0.1, -0.05) is 13.0 Å². The molecule has 0 fully saturated rings. The number of aryl methyl sites for hydroxylation is 2. The van der Waals surface area contributed by atoms with Crippen molar-refractivity contribution in [1.82, 2.24) is 9.97 Å². The van der Waals surface area contributed by atoms with Crippen molar-refractivity contribution in [2.75, 3.05) is 5.43 Å². The number of hydrazine groups is 1. The average molecular weight is 276 g/mol. The number of hydrogen-bond acceptors (Lipinski definition) is 5. The minimum Gasteiger partial charge on any atom is -0.439 e. The molecule has 0 saturated carbocycles. The Bertz CT molecular complexity index is 604. The Kier molecular flexibility index (Phi) is 4.47. The van der Waals surface area contributed by atoms with Gasteiger partial charge in [0.2, 0.25) is 5.88 Å². The normalized spacial score (nSPS) is 10.4. The maximum absolute atomic E-state index is 13.5. The molecule has 3 N–H and O–H groups in total. The monoisotopic (exact) mass is 276 g/mol. The number of rotatable bonds is 5. The van der Waals surface area contributed by atoms with E-state index < -0.39 is 0 Å². The van der Waals surface area contributed by atoms with Gasteiger partial charge in [-0.05, 0) is 25.0 Å². The Balaban J connectivity index is 2.27. The first kappa shape index (κ1) is 14.2. The van der Waals surface area contributed by atoms with Gasteiger partial charge < -0.3 is 10.2 Å². The zero-order chi connectivity index (χ0) is 14.5. The molecule has 2 rings (SSSR count). The van der Waals surface area contributed by atoms with Gasteiger partial charge in [-0.15, -0.1) is 0 Å². The molecular weight excluding hydrogens is 259 g/mol. The molecule has 1 aromatic heterocycles. The van der Waals surface area contributed by atoms with Crippen molar-refractivity contribution in [1.29, 1.82) is 0 Å². The molecule has 0 aliphatic rings. The first-order valence-electron chi connectivity index (χ1n) is 6.41. The second-order valence-corrected chi connectivity index (χ2v) is 4.42. The average Bonchev–Trinajstić information content (AvgIpc) is 2.43. The van der Waals surface area contributed by atoms with E-state index in [0.29, 0.717) is 35.3 Å². The van der Waals surface area contributed by atoms with E-state index in [1.54, 1.807) is 25.1 Å². The van der Waals surface area contributed by atoms with Crippen molar-refractivity contribution in [2.45, 2.75) is 26.7 Å². The zero-order valence-corrected chi connectivity index (χ0v) is 11.5. The molecule has 5 nitrogen and oxygen atoms in total. The van der Waals surface area contributed by atoms with Gasteiger partial charge in [-0.25, -0.2) is 15.2 Å². The Morgan fingerprint density at radius 2 is 2.10 bits per heavy atom. The lowest BCUT2D eigenvalue weighted by Crippen LogP contribution is -2.10. The maximum atomic E-state index is 13.5. The second kappa shape index (κ2) is 6.29. The van der Waals surface area contributed by atoms with Crippen LogP contribution in [0, 0.1) is 12.7 Å². The van der Waals surface area contributed by atoms with Crippen LogP contribution < -0.4 is 16.0 Å². The van der Waals surface area contributed by atoms with Gasteiger partial charge in [0.1, 0.15) is 23.2 Å². The number of nitrogens with two attached hydrogens (primary N) is 1. The van der Waals surface area contributed by atoms with Crippen LogP contribution in [0.25, 0.3) is 0 Å². The molecule has 1 heterocycles. The first-order chi connectivity index (χ1) is 9.62. The predicted octanol–water partition coefficient (Wildman–Crippen LogP) is 2.95. The van der Waals surface area contributed by atoms with Gasteiger partial charge >= 0.3 is 0 Å². The van der Waals surface area contributed by atoms with Crippen LogP contribution in [0.5, 0.6) is 11.6 Å². The zero-order valence-electron chi connectivity index (χ0n) is 11.5. The lowest BCUT2D eigenvalue weighted by Gasteiger charge is -2.09. The lowest BCUT2D eigenvalue weighted by molar-refractivity contribution is 0.453. The number of nitrogen functional groups attached to an aromatic ring is 1. The van der Waals surface area contributed by atoms with Crippen molar-refractivity contribution >= 4 is 5.82 Å². The Morgan fingerprint density at radius 3 is 2.75 bits per heavy atom. The third kappa shape index (κ3) is 3.42. The van der Waals surface area contributed by atoms with Crippen LogP contribution in [0.15, 0.2) is 24.3 Å². The standard InChI is InChI=1S/C14H17FN4O/c1-3-4-12-17-13(19-16)8-14(18-12)20-10-6-5-9(2)11(15)7-10/h5-8H,3-4,16H2,1-2H3,(H,17,18,19). The summed E-state index contributed by atoms with van der Waals surface area (Å²) in [5.74, 6) is 6.86. The van der Waals surface area contributed by atoms with E-state index in [1.807, 2.05) is 6.92 Å². The van der Waals surface area contributed by atoms with Crippen LogP contribution in [0.3, 0.4) is 0 Å². The summed E-state index contributed by atoms with van der Waals surface area (Å²) in [6, 6.07) is 6.24. The SMILES string of the molecule is CCCc1nc(NN)cc(Oc2ccc(C)c(F)c2)n1. The molecule has 20 heavy (non-hydrogen) atoms. The fourth-order valence-electron chi connectivity index (χ4n) is 1.69. The highest BCUT2D eigenvalue weighted by Gasteiger charge is 2.07. The fraction of sp³-hybridized carbons (Fsp3) is 0.286. The fourth-order valence-corrected chi connectivity index (χ4v) is 1.69. The molecule has 0 unspecified atom stereocenters. The third-order valence-electron chi connectivity index (χ3n) is 2.74. The molecule has 0 saturated heterocycles. The Hall–Kier alpha value is -2.21. The summed E-state index contributed by atoms with van der Waals surface area (Å²) < 4.78 is 19.0. The molecule has 2 aromatic rings. The summed E-state index contributed by atoms with van der Waals surface area (Å²) >= 11 is 0. The van der Waals surface area contributed by atoms with E-state index in [1.165, 1.54) is 6.07 Å². The Morgan fingerprint density at radius 1 is 1.30 bits per heavy atom. The van der Waals surface area contributed by atoms with Crippen LogP contribution >= 0.6 is 0 Å². The number of anilines is 1. The number of ether oxygens (including phenoxy) is 1. The molecule has 0 aliphatic carbocycles. The topological polar surface area (TPSA) is 73.1 Å². The molecule has 0 spiro atoms. The number of nitrogens with zero attached hydrogens (tertiary/aromatic N) is 2. The summed E-state index contributed by atoms with van der Waals surface area (Å²) in [6.07, 6.45) is 1.63. The van der Waals surface area contributed by atoms with Crippen molar-refractivity contribution in [3.05, 3.63) is 41.5 Å². The van der Waals surface area contributed by atoms with Crippen molar-refractivity contribution < 1.29 is 9.13 Å². The van der Waals surface area contributed by atoms with Gasteiger partial charge in [-0.3, -0.25) is 0 Å². The molecule has 0 bridgehead atoms. The largest absolute Gasteiger partial charge is 0.439 e. The lowest BCUT2D eigenvalue weighted by atomic mass is 10.2.